The van der Waals surface area contributed by atoms with Gasteiger partial charge >= 0.3 is 0 Å². The van der Waals surface area contributed by atoms with Crippen LogP contribution in [0.1, 0.15) is 22.3 Å². The highest BCUT2D eigenvalue weighted by Crippen LogP contribution is 2.20. The molecule has 19 heavy (non-hydrogen) atoms. The lowest BCUT2D eigenvalue weighted by molar-refractivity contribution is -0.149. The van der Waals surface area contributed by atoms with Crippen LogP contribution in [0.4, 0.5) is 0 Å². The van der Waals surface area contributed by atoms with E-state index in [1.807, 2.05) is 4.90 Å². The number of nitrogens with two attached hydrogens (primary N) is 1. The Morgan fingerprint density at radius 1 is 1.32 bits per heavy atom. The van der Waals surface area contributed by atoms with E-state index in [1.165, 1.54) is 22.3 Å². The van der Waals surface area contributed by atoms with Gasteiger partial charge in [-0.15, -0.1) is 0 Å². The third-order valence-corrected chi connectivity index (χ3v) is 3.67. The Bertz CT molecular complexity index is 462. The second-order valence-electron chi connectivity index (χ2n) is 5.32. The van der Waals surface area contributed by atoms with Crippen molar-refractivity contribution in [2.45, 2.75) is 33.4 Å². The van der Waals surface area contributed by atoms with Gasteiger partial charge in [-0.1, -0.05) is 17.7 Å². The minimum atomic E-state index is -0.0382. The van der Waals surface area contributed by atoms with Gasteiger partial charge in [-0.05, 0) is 37.5 Å². The average Bonchev–Trinajstić information content (AvgIpc) is 2.35. The summed E-state index contributed by atoms with van der Waals surface area (Å²) in [6.45, 7) is 8.12. The van der Waals surface area contributed by atoms with Crippen molar-refractivity contribution in [3.8, 4) is 0 Å². The van der Waals surface area contributed by atoms with Crippen LogP contribution < -0.4 is 5.73 Å². The molecule has 0 aliphatic carbocycles. The molecule has 1 aromatic carbocycles. The predicted molar refractivity (Wildman–Crippen MR) is 74.9 cm³/mol. The topological polar surface area (TPSA) is 55.6 Å². The number of benzene rings is 1. The molecule has 104 valence electrons. The fourth-order valence-electron chi connectivity index (χ4n) is 2.63. The van der Waals surface area contributed by atoms with Gasteiger partial charge in [0.2, 0.25) is 5.91 Å². The molecule has 1 aliphatic rings. The molecule has 0 aromatic heterocycles. The summed E-state index contributed by atoms with van der Waals surface area (Å²) in [7, 11) is 0. The third-order valence-electron chi connectivity index (χ3n) is 3.67. The lowest BCUT2D eigenvalue weighted by Crippen LogP contribution is -2.48. The van der Waals surface area contributed by atoms with Gasteiger partial charge in [-0.3, -0.25) is 4.79 Å². The maximum absolute atomic E-state index is 11.9. The number of hydrogen-bond acceptors (Lipinski definition) is 3. The fraction of sp³-hybridized carbons (Fsp3) is 0.533. The van der Waals surface area contributed by atoms with Gasteiger partial charge in [-0.25, -0.2) is 0 Å². The molecule has 2 N–H and O–H groups in total. The van der Waals surface area contributed by atoms with E-state index < -0.39 is 0 Å². The first-order chi connectivity index (χ1) is 9.01. The number of carbonyl (C=O) groups is 1. The summed E-state index contributed by atoms with van der Waals surface area (Å²) in [6, 6.07) is 4.32. The van der Waals surface area contributed by atoms with E-state index in [9.17, 15) is 4.79 Å². The molecular formula is C15H22N2O2. The summed E-state index contributed by atoms with van der Waals surface area (Å²) in [5.41, 5.74) is 10.6. The first-order valence-electron chi connectivity index (χ1n) is 6.67. The molecule has 1 heterocycles. The van der Waals surface area contributed by atoms with Gasteiger partial charge in [0, 0.05) is 19.6 Å². The van der Waals surface area contributed by atoms with Crippen LogP contribution in [-0.2, 0) is 16.1 Å². The molecular weight excluding hydrogens is 240 g/mol. The van der Waals surface area contributed by atoms with Crippen molar-refractivity contribution >= 4 is 5.91 Å². The summed E-state index contributed by atoms with van der Waals surface area (Å²) >= 11 is 0. The lowest BCUT2D eigenvalue weighted by Gasteiger charge is -2.33. The normalized spacial score (nSPS) is 19.9. The fourth-order valence-corrected chi connectivity index (χ4v) is 2.63. The molecule has 1 fully saturated rings. The maximum atomic E-state index is 11.9. The first kappa shape index (κ1) is 14.0. The summed E-state index contributed by atoms with van der Waals surface area (Å²) in [5, 5.41) is 0. The summed E-state index contributed by atoms with van der Waals surface area (Å²) < 4.78 is 5.37. The Labute approximate surface area is 114 Å². The van der Waals surface area contributed by atoms with Gasteiger partial charge < -0.3 is 15.4 Å². The molecule has 1 aromatic rings. The van der Waals surface area contributed by atoms with E-state index in [2.05, 4.69) is 32.9 Å². The molecule has 4 heteroatoms. The number of ether oxygens (including phenoxy) is 1. The number of amides is 1. The molecule has 1 saturated heterocycles. The Kier molecular flexibility index (Phi) is 4.22. The molecule has 2 rings (SSSR count). The van der Waals surface area contributed by atoms with E-state index in [-0.39, 0.29) is 18.6 Å². The number of rotatable bonds is 3. The summed E-state index contributed by atoms with van der Waals surface area (Å²) in [5.74, 6) is 0.0454. The van der Waals surface area contributed by atoms with Gasteiger partial charge in [-0.2, -0.15) is 0 Å². The van der Waals surface area contributed by atoms with Gasteiger partial charge in [0.25, 0.3) is 0 Å². The van der Waals surface area contributed by atoms with Crippen LogP contribution in [0, 0.1) is 20.8 Å². The number of aryl methyl sites for hydroxylation is 3. The van der Waals surface area contributed by atoms with Crippen LogP contribution in [0.2, 0.25) is 0 Å². The van der Waals surface area contributed by atoms with Crippen molar-refractivity contribution in [3.05, 3.63) is 34.4 Å². The Hall–Kier alpha value is -1.39. The van der Waals surface area contributed by atoms with Crippen LogP contribution in [0.3, 0.4) is 0 Å². The number of hydrogen-bond donors (Lipinski definition) is 1. The van der Waals surface area contributed by atoms with Crippen LogP contribution in [-0.4, -0.2) is 36.6 Å². The highest BCUT2D eigenvalue weighted by atomic mass is 16.5. The smallest absolute Gasteiger partial charge is 0.248 e. The van der Waals surface area contributed by atoms with Crippen molar-refractivity contribution in [2.24, 2.45) is 5.73 Å². The molecule has 4 nitrogen and oxygen atoms in total. The Morgan fingerprint density at radius 3 is 2.53 bits per heavy atom. The second-order valence-corrected chi connectivity index (χ2v) is 5.32. The third kappa shape index (κ3) is 3.14. The van der Waals surface area contributed by atoms with Crippen molar-refractivity contribution < 1.29 is 9.53 Å². The molecule has 0 radical (unpaired) electrons. The van der Waals surface area contributed by atoms with Crippen molar-refractivity contribution in [3.63, 3.8) is 0 Å². The predicted octanol–water partition coefficient (Wildman–Crippen LogP) is 1.30. The van der Waals surface area contributed by atoms with Gasteiger partial charge in [0.15, 0.2) is 0 Å². The van der Waals surface area contributed by atoms with E-state index in [1.54, 1.807) is 0 Å². The highest BCUT2D eigenvalue weighted by Gasteiger charge is 2.26. The molecule has 1 aliphatic heterocycles. The minimum Gasteiger partial charge on any atom is -0.365 e. The zero-order valence-electron chi connectivity index (χ0n) is 11.9. The van der Waals surface area contributed by atoms with Crippen LogP contribution in [0.5, 0.6) is 0 Å². The molecule has 0 spiro atoms. The molecule has 1 amide bonds. The van der Waals surface area contributed by atoms with E-state index in [4.69, 9.17) is 10.5 Å². The summed E-state index contributed by atoms with van der Waals surface area (Å²) in [4.78, 5) is 13.8. The quantitative estimate of drug-likeness (QED) is 0.893. The zero-order chi connectivity index (χ0) is 14.0. The number of carbonyl (C=O) groups excluding carboxylic acids is 1. The van der Waals surface area contributed by atoms with Crippen molar-refractivity contribution in [2.75, 3.05) is 19.7 Å². The zero-order valence-corrected chi connectivity index (χ0v) is 11.9. The number of nitrogens with zero attached hydrogens (tertiary/aromatic N) is 1. The lowest BCUT2D eigenvalue weighted by atomic mass is 9.99. The molecule has 1 unspecified atom stereocenters. The van der Waals surface area contributed by atoms with Gasteiger partial charge in [0.1, 0.15) is 6.61 Å². The van der Waals surface area contributed by atoms with E-state index in [0.717, 1.165) is 0 Å². The average molecular weight is 262 g/mol. The van der Waals surface area contributed by atoms with Crippen molar-refractivity contribution in [1.82, 2.24) is 4.90 Å². The van der Waals surface area contributed by atoms with Crippen molar-refractivity contribution in [1.29, 1.82) is 0 Å². The van der Waals surface area contributed by atoms with E-state index >= 15 is 0 Å². The Balaban J connectivity index is 2.18. The largest absolute Gasteiger partial charge is 0.365 e. The summed E-state index contributed by atoms with van der Waals surface area (Å²) in [6.07, 6.45) is -0.0382. The molecule has 0 bridgehead atoms. The standard InChI is InChI=1S/C15H22N2O2/c1-10-4-11(2)14(12(3)5-10)8-17-7-13(6-16)19-9-15(17)18/h4-5,13H,6-9,16H2,1-3H3. The van der Waals surface area contributed by atoms with Crippen LogP contribution in [0.15, 0.2) is 12.1 Å². The van der Waals surface area contributed by atoms with Crippen LogP contribution >= 0.6 is 0 Å². The molecule has 0 saturated carbocycles. The Morgan fingerprint density at radius 2 is 1.95 bits per heavy atom. The highest BCUT2D eigenvalue weighted by molar-refractivity contribution is 5.78. The maximum Gasteiger partial charge on any atom is 0.248 e. The SMILES string of the molecule is Cc1cc(C)c(CN2CC(CN)OCC2=O)c(C)c1. The first-order valence-corrected chi connectivity index (χ1v) is 6.67. The van der Waals surface area contributed by atoms with Crippen LogP contribution in [0.25, 0.3) is 0 Å². The number of morpholine rings is 1. The van der Waals surface area contributed by atoms with Gasteiger partial charge in [0.05, 0.1) is 6.10 Å². The molecule has 1 atom stereocenters. The minimum absolute atomic E-state index is 0.0382. The van der Waals surface area contributed by atoms with E-state index in [0.29, 0.717) is 19.6 Å². The monoisotopic (exact) mass is 262 g/mol. The second kappa shape index (κ2) is 5.72.